The average molecular weight is 224 g/mol. The summed E-state index contributed by atoms with van der Waals surface area (Å²) in [5.74, 6) is 0. The van der Waals surface area contributed by atoms with Crippen LogP contribution in [-0.4, -0.2) is 0 Å². The molecule has 0 N–H and O–H groups in total. The van der Waals surface area contributed by atoms with Crippen LogP contribution in [0.1, 0.15) is 18.1 Å². The zero-order valence-corrected chi connectivity index (χ0v) is 10.4. The van der Waals surface area contributed by atoms with Crippen LogP contribution in [0.3, 0.4) is 0 Å². The number of hydrogen-bond acceptors (Lipinski definition) is 0. The molecule has 0 amide bonds. The van der Waals surface area contributed by atoms with Gasteiger partial charge in [-0.15, -0.1) is 0 Å². The zero-order chi connectivity index (χ0) is 6.69. The molecule has 0 atom stereocenters. The van der Waals surface area contributed by atoms with Crippen molar-refractivity contribution in [3.05, 3.63) is 42.8 Å². The first-order valence-electron chi connectivity index (χ1n) is 3.39. The Hall–Kier alpha value is 0.324. The fourth-order valence-electron chi connectivity index (χ4n) is 1.01. The first-order chi connectivity index (χ1) is 4.34. The molecule has 0 spiro atoms. The van der Waals surface area contributed by atoms with Crippen LogP contribution < -0.4 is 0 Å². The molecule has 0 saturated heterocycles. The van der Waals surface area contributed by atoms with E-state index in [-0.39, 0.29) is 40.1 Å². The first-order valence-corrected chi connectivity index (χ1v) is 3.39. The van der Waals surface area contributed by atoms with Gasteiger partial charge in [-0.2, -0.15) is 0 Å². The average Bonchev–Trinajstić information content (AvgIpc) is 1.89. The molecule has 0 aliphatic carbocycles. The van der Waals surface area contributed by atoms with Crippen molar-refractivity contribution in [2.75, 3.05) is 0 Å². The van der Waals surface area contributed by atoms with Crippen molar-refractivity contribution in [3.8, 4) is 0 Å². The molecular weight excluding hydrogens is 209 g/mol. The fraction of sp³-hybridized carbons (Fsp3) is 0.300. The van der Waals surface area contributed by atoms with E-state index in [0.29, 0.717) is 0 Å². The van der Waals surface area contributed by atoms with Crippen LogP contribution in [0.5, 0.6) is 0 Å². The second-order valence-corrected chi connectivity index (χ2v) is 2.28. The van der Waals surface area contributed by atoms with Gasteiger partial charge in [0.05, 0.1) is 0 Å². The van der Waals surface area contributed by atoms with Crippen LogP contribution in [0.25, 0.3) is 0 Å². The standard InChI is InChI=1S/C9H12.CH3.Y/c1-3-9-7-5-4-6-8(9)2;;/h4-7H,3H2,1-2H3;1H3;/q;-1;. The summed E-state index contributed by atoms with van der Waals surface area (Å²) in [5.41, 5.74) is 2.86. The Labute approximate surface area is 95.3 Å². The molecule has 0 fully saturated rings. The van der Waals surface area contributed by atoms with Crippen molar-refractivity contribution in [1.29, 1.82) is 0 Å². The molecule has 0 aromatic heterocycles. The Kier molecular flexibility index (Phi) is 8.83. The van der Waals surface area contributed by atoms with Gasteiger partial charge in [-0.3, -0.25) is 0 Å². The van der Waals surface area contributed by atoms with Gasteiger partial charge in [0.1, 0.15) is 0 Å². The van der Waals surface area contributed by atoms with Crippen LogP contribution in [0, 0.1) is 14.4 Å². The van der Waals surface area contributed by atoms with Gasteiger partial charge in [-0.05, 0) is 24.5 Å². The maximum Gasteiger partial charge on any atom is 0 e. The fourth-order valence-corrected chi connectivity index (χ4v) is 1.01. The maximum atomic E-state index is 2.18. The minimum Gasteiger partial charge on any atom is -0.358 e. The zero-order valence-electron chi connectivity index (χ0n) is 7.59. The van der Waals surface area contributed by atoms with Crippen molar-refractivity contribution in [3.63, 3.8) is 0 Å². The van der Waals surface area contributed by atoms with E-state index >= 15 is 0 Å². The Bertz CT molecular complexity index is 194. The Morgan fingerprint density at radius 1 is 1.18 bits per heavy atom. The summed E-state index contributed by atoms with van der Waals surface area (Å²) >= 11 is 0. The molecular formula is C10H15Y-. The van der Waals surface area contributed by atoms with Crippen molar-refractivity contribution < 1.29 is 32.7 Å². The van der Waals surface area contributed by atoms with Crippen LogP contribution >= 0.6 is 0 Å². The van der Waals surface area contributed by atoms with Gasteiger partial charge in [0, 0.05) is 32.7 Å². The van der Waals surface area contributed by atoms with Gasteiger partial charge in [0.15, 0.2) is 0 Å². The quantitative estimate of drug-likeness (QED) is 0.643. The van der Waals surface area contributed by atoms with Crippen molar-refractivity contribution in [1.82, 2.24) is 0 Å². The van der Waals surface area contributed by atoms with Crippen LogP contribution in [-0.2, 0) is 39.1 Å². The summed E-state index contributed by atoms with van der Waals surface area (Å²) in [5, 5.41) is 0. The molecule has 1 radical (unpaired) electrons. The monoisotopic (exact) mass is 224 g/mol. The third-order valence-corrected chi connectivity index (χ3v) is 1.64. The number of hydrogen-bond donors (Lipinski definition) is 0. The SMILES string of the molecule is CCc1ccccc1C.[CH3-].[Y]. The molecule has 59 valence electrons. The van der Waals surface area contributed by atoms with E-state index < -0.39 is 0 Å². The molecule has 0 aliphatic rings. The summed E-state index contributed by atoms with van der Waals surface area (Å²) in [4.78, 5) is 0. The predicted octanol–water partition coefficient (Wildman–Crippen LogP) is 3.01. The molecule has 0 nitrogen and oxygen atoms in total. The molecule has 1 aromatic rings. The van der Waals surface area contributed by atoms with Gasteiger partial charge in [-0.1, -0.05) is 31.2 Å². The predicted molar refractivity (Wildman–Crippen MR) is 47.0 cm³/mol. The normalized spacial score (nSPS) is 7.82. The summed E-state index contributed by atoms with van der Waals surface area (Å²) in [6, 6.07) is 8.49. The van der Waals surface area contributed by atoms with Crippen LogP contribution in [0.4, 0.5) is 0 Å². The first kappa shape index (κ1) is 13.9. The summed E-state index contributed by atoms with van der Waals surface area (Å²) in [6.07, 6.45) is 1.15. The molecule has 0 aliphatic heterocycles. The van der Waals surface area contributed by atoms with Gasteiger partial charge in [-0.25, -0.2) is 0 Å². The van der Waals surface area contributed by atoms with E-state index in [0.717, 1.165) is 6.42 Å². The smallest absolute Gasteiger partial charge is 0 e. The third-order valence-electron chi connectivity index (χ3n) is 1.64. The number of benzene rings is 1. The molecule has 0 bridgehead atoms. The Morgan fingerprint density at radius 3 is 2.09 bits per heavy atom. The minimum atomic E-state index is 0. The van der Waals surface area contributed by atoms with E-state index in [1.54, 1.807) is 0 Å². The summed E-state index contributed by atoms with van der Waals surface area (Å²) < 4.78 is 0. The third kappa shape index (κ3) is 4.03. The molecule has 1 aromatic carbocycles. The Morgan fingerprint density at radius 2 is 1.73 bits per heavy atom. The maximum absolute atomic E-state index is 2.18. The van der Waals surface area contributed by atoms with Crippen LogP contribution in [0.2, 0.25) is 0 Å². The molecule has 0 saturated carbocycles. The van der Waals surface area contributed by atoms with Gasteiger partial charge >= 0.3 is 0 Å². The minimum absolute atomic E-state index is 0. The van der Waals surface area contributed by atoms with E-state index in [2.05, 4.69) is 38.1 Å². The van der Waals surface area contributed by atoms with Crippen molar-refractivity contribution >= 4 is 0 Å². The van der Waals surface area contributed by atoms with Crippen molar-refractivity contribution in [2.24, 2.45) is 0 Å². The molecule has 0 unspecified atom stereocenters. The largest absolute Gasteiger partial charge is 0.358 e. The van der Waals surface area contributed by atoms with E-state index in [1.807, 2.05) is 0 Å². The van der Waals surface area contributed by atoms with E-state index in [4.69, 9.17) is 0 Å². The molecule has 1 rings (SSSR count). The second kappa shape index (κ2) is 7.00. The summed E-state index contributed by atoms with van der Waals surface area (Å²) in [6.45, 7) is 4.33. The number of aryl methyl sites for hydroxylation is 2. The molecule has 0 heterocycles. The molecule has 1 heteroatoms. The van der Waals surface area contributed by atoms with Gasteiger partial charge in [0.25, 0.3) is 0 Å². The molecule has 11 heavy (non-hydrogen) atoms. The van der Waals surface area contributed by atoms with E-state index in [1.165, 1.54) is 11.1 Å². The second-order valence-electron chi connectivity index (χ2n) is 2.28. The Balaban J connectivity index is 0. The van der Waals surface area contributed by atoms with E-state index in [9.17, 15) is 0 Å². The van der Waals surface area contributed by atoms with Gasteiger partial charge < -0.3 is 7.43 Å². The number of rotatable bonds is 1. The topological polar surface area (TPSA) is 0 Å². The summed E-state index contributed by atoms with van der Waals surface area (Å²) in [7, 11) is 0. The van der Waals surface area contributed by atoms with Gasteiger partial charge in [0.2, 0.25) is 0 Å². The van der Waals surface area contributed by atoms with Crippen molar-refractivity contribution in [2.45, 2.75) is 20.3 Å². The van der Waals surface area contributed by atoms with Crippen LogP contribution in [0.15, 0.2) is 24.3 Å².